The van der Waals surface area contributed by atoms with Crippen LogP contribution >= 0.6 is 12.4 Å². The quantitative estimate of drug-likeness (QED) is 0.806. The number of nitrogens with one attached hydrogen (secondary N) is 1. The number of benzene rings is 2. The van der Waals surface area contributed by atoms with Gasteiger partial charge in [0.05, 0.1) is 6.61 Å². The first-order valence-corrected chi connectivity index (χ1v) is 8.53. The van der Waals surface area contributed by atoms with E-state index in [1.807, 2.05) is 31.2 Å². The van der Waals surface area contributed by atoms with Gasteiger partial charge in [-0.25, -0.2) is 0 Å². The maximum absolute atomic E-state index is 5.97. The number of hydrogen-bond donors (Lipinski definition) is 1. The standard InChI is InChI=1S/C20H25NO2.ClH/c1-2-22-20-14-17(18-10-6-7-13-21-18)11-12-19(20)23-15-16-8-4-3-5-9-16;/h3-5,8-9,11-12,14,18,21H,2,6-7,10,13,15H2,1H3;1H/t18-;/m0./s1. The van der Waals surface area contributed by atoms with Crippen LogP contribution in [0.5, 0.6) is 11.5 Å². The zero-order valence-electron chi connectivity index (χ0n) is 14.2. The minimum atomic E-state index is 0. The number of ether oxygens (including phenoxy) is 2. The summed E-state index contributed by atoms with van der Waals surface area (Å²) in [5.41, 5.74) is 2.45. The van der Waals surface area contributed by atoms with Crippen molar-refractivity contribution in [3.05, 3.63) is 59.7 Å². The molecule has 3 rings (SSSR count). The highest BCUT2D eigenvalue weighted by Crippen LogP contribution is 2.33. The summed E-state index contributed by atoms with van der Waals surface area (Å²) < 4.78 is 11.8. The smallest absolute Gasteiger partial charge is 0.161 e. The van der Waals surface area contributed by atoms with Crippen LogP contribution in [-0.4, -0.2) is 13.2 Å². The van der Waals surface area contributed by atoms with Gasteiger partial charge in [-0.2, -0.15) is 0 Å². The van der Waals surface area contributed by atoms with Crippen LogP contribution in [0.1, 0.15) is 43.4 Å². The fraction of sp³-hybridized carbons (Fsp3) is 0.400. The lowest BCUT2D eigenvalue weighted by atomic mass is 9.97. The van der Waals surface area contributed by atoms with Gasteiger partial charge in [0.2, 0.25) is 0 Å². The highest BCUT2D eigenvalue weighted by atomic mass is 35.5. The molecule has 1 atom stereocenters. The first kappa shape index (κ1) is 18.6. The Morgan fingerprint density at radius 1 is 1.00 bits per heavy atom. The SMILES string of the molecule is CCOc1cc([C@@H]2CCCCN2)ccc1OCc1ccccc1.Cl. The third kappa shape index (κ3) is 4.89. The molecule has 0 saturated carbocycles. The van der Waals surface area contributed by atoms with E-state index in [-0.39, 0.29) is 12.4 Å². The number of halogens is 1. The molecule has 0 aromatic heterocycles. The van der Waals surface area contributed by atoms with E-state index >= 15 is 0 Å². The van der Waals surface area contributed by atoms with Crippen LogP contribution in [0.4, 0.5) is 0 Å². The molecule has 0 aliphatic carbocycles. The molecule has 1 aliphatic rings. The first-order valence-electron chi connectivity index (χ1n) is 8.53. The Morgan fingerprint density at radius 3 is 2.54 bits per heavy atom. The van der Waals surface area contributed by atoms with Gasteiger partial charge in [0.15, 0.2) is 11.5 Å². The van der Waals surface area contributed by atoms with Crippen LogP contribution in [0.3, 0.4) is 0 Å². The number of rotatable bonds is 6. The summed E-state index contributed by atoms with van der Waals surface area (Å²) in [6, 6.07) is 17.0. The van der Waals surface area contributed by atoms with Crippen molar-refractivity contribution in [1.29, 1.82) is 0 Å². The van der Waals surface area contributed by atoms with Gasteiger partial charge in [-0.15, -0.1) is 12.4 Å². The molecule has 0 radical (unpaired) electrons. The van der Waals surface area contributed by atoms with E-state index in [0.29, 0.717) is 19.3 Å². The third-order valence-corrected chi connectivity index (χ3v) is 4.22. The second kappa shape index (κ2) is 9.55. The average molecular weight is 348 g/mol. The van der Waals surface area contributed by atoms with Gasteiger partial charge >= 0.3 is 0 Å². The maximum Gasteiger partial charge on any atom is 0.161 e. The first-order chi connectivity index (χ1) is 11.4. The molecular formula is C20H26ClNO2. The normalized spacial score (nSPS) is 17.0. The molecule has 0 amide bonds. The highest BCUT2D eigenvalue weighted by Gasteiger charge is 2.17. The Balaban J connectivity index is 0.00000208. The molecule has 1 heterocycles. The Morgan fingerprint density at radius 2 is 1.83 bits per heavy atom. The number of hydrogen-bond acceptors (Lipinski definition) is 3. The summed E-state index contributed by atoms with van der Waals surface area (Å²) in [6.45, 7) is 4.30. The van der Waals surface area contributed by atoms with Gasteiger partial charge in [-0.3, -0.25) is 0 Å². The van der Waals surface area contributed by atoms with Crippen LogP contribution in [0.25, 0.3) is 0 Å². The van der Waals surface area contributed by atoms with Crippen molar-refractivity contribution in [3.63, 3.8) is 0 Å². The van der Waals surface area contributed by atoms with Crippen molar-refractivity contribution in [2.24, 2.45) is 0 Å². The molecule has 24 heavy (non-hydrogen) atoms. The fourth-order valence-corrected chi connectivity index (χ4v) is 3.00. The molecule has 2 aromatic rings. The Labute approximate surface area is 150 Å². The second-order valence-electron chi connectivity index (χ2n) is 5.92. The van der Waals surface area contributed by atoms with Crippen molar-refractivity contribution in [1.82, 2.24) is 5.32 Å². The van der Waals surface area contributed by atoms with Crippen molar-refractivity contribution in [3.8, 4) is 11.5 Å². The lowest BCUT2D eigenvalue weighted by molar-refractivity contribution is 0.268. The topological polar surface area (TPSA) is 30.5 Å². The molecule has 1 N–H and O–H groups in total. The van der Waals surface area contributed by atoms with E-state index < -0.39 is 0 Å². The van der Waals surface area contributed by atoms with Crippen LogP contribution in [0.2, 0.25) is 0 Å². The van der Waals surface area contributed by atoms with Crippen LogP contribution < -0.4 is 14.8 Å². The van der Waals surface area contributed by atoms with Gasteiger partial charge in [-0.1, -0.05) is 42.8 Å². The lowest BCUT2D eigenvalue weighted by Crippen LogP contribution is -2.26. The number of piperidine rings is 1. The molecule has 0 bridgehead atoms. The highest BCUT2D eigenvalue weighted by molar-refractivity contribution is 5.85. The van der Waals surface area contributed by atoms with E-state index in [2.05, 4.69) is 29.6 Å². The fourth-order valence-electron chi connectivity index (χ4n) is 3.00. The molecule has 3 nitrogen and oxygen atoms in total. The third-order valence-electron chi connectivity index (χ3n) is 4.22. The van der Waals surface area contributed by atoms with E-state index in [0.717, 1.165) is 23.6 Å². The molecule has 0 unspecified atom stereocenters. The van der Waals surface area contributed by atoms with Crippen LogP contribution in [-0.2, 0) is 6.61 Å². The van der Waals surface area contributed by atoms with Crippen LogP contribution in [0, 0.1) is 0 Å². The van der Waals surface area contributed by atoms with Crippen molar-refractivity contribution < 1.29 is 9.47 Å². The predicted octanol–water partition coefficient (Wildman–Crippen LogP) is 4.90. The predicted molar refractivity (Wildman–Crippen MR) is 100 cm³/mol. The molecule has 2 aromatic carbocycles. The molecule has 130 valence electrons. The molecule has 1 aliphatic heterocycles. The van der Waals surface area contributed by atoms with E-state index in [1.54, 1.807) is 0 Å². The van der Waals surface area contributed by atoms with E-state index in [9.17, 15) is 0 Å². The second-order valence-corrected chi connectivity index (χ2v) is 5.92. The van der Waals surface area contributed by atoms with E-state index in [4.69, 9.17) is 9.47 Å². The van der Waals surface area contributed by atoms with Gasteiger partial charge in [0.1, 0.15) is 6.61 Å². The van der Waals surface area contributed by atoms with Gasteiger partial charge in [0.25, 0.3) is 0 Å². The lowest BCUT2D eigenvalue weighted by Gasteiger charge is -2.24. The Bertz CT molecular complexity index is 612. The molecule has 1 saturated heterocycles. The Kier molecular flexibility index (Phi) is 7.41. The zero-order valence-corrected chi connectivity index (χ0v) is 15.0. The van der Waals surface area contributed by atoms with Crippen molar-refractivity contribution in [2.75, 3.05) is 13.2 Å². The van der Waals surface area contributed by atoms with Gasteiger partial charge in [0, 0.05) is 6.04 Å². The average Bonchev–Trinajstić information content (AvgIpc) is 2.62. The Hall–Kier alpha value is -1.71. The zero-order chi connectivity index (χ0) is 15.9. The summed E-state index contributed by atoms with van der Waals surface area (Å²) in [5.74, 6) is 1.66. The minimum Gasteiger partial charge on any atom is -0.490 e. The summed E-state index contributed by atoms with van der Waals surface area (Å²) in [5, 5.41) is 3.59. The molecule has 4 heteroatoms. The monoisotopic (exact) mass is 347 g/mol. The summed E-state index contributed by atoms with van der Waals surface area (Å²) in [7, 11) is 0. The summed E-state index contributed by atoms with van der Waals surface area (Å²) in [6.07, 6.45) is 3.75. The molecule has 0 spiro atoms. The van der Waals surface area contributed by atoms with Crippen LogP contribution in [0.15, 0.2) is 48.5 Å². The summed E-state index contributed by atoms with van der Waals surface area (Å²) in [4.78, 5) is 0. The summed E-state index contributed by atoms with van der Waals surface area (Å²) >= 11 is 0. The maximum atomic E-state index is 5.97. The van der Waals surface area contributed by atoms with Gasteiger partial charge in [-0.05, 0) is 49.6 Å². The van der Waals surface area contributed by atoms with Gasteiger partial charge < -0.3 is 14.8 Å². The van der Waals surface area contributed by atoms with E-state index in [1.165, 1.54) is 24.8 Å². The van der Waals surface area contributed by atoms with Crippen molar-refractivity contribution in [2.45, 2.75) is 38.8 Å². The molecular weight excluding hydrogens is 322 g/mol. The van der Waals surface area contributed by atoms with Crippen molar-refractivity contribution >= 4 is 12.4 Å². The minimum absolute atomic E-state index is 0. The molecule has 1 fully saturated rings. The largest absolute Gasteiger partial charge is 0.490 e.